The summed E-state index contributed by atoms with van der Waals surface area (Å²) in [5, 5.41) is 2.93. The van der Waals surface area contributed by atoms with Crippen LogP contribution in [0.25, 0.3) is 0 Å². The van der Waals surface area contributed by atoms with Crippen LogP contribution in [0, 0.1) is 12.7 Å². The Balaban J connectivity index is 1.50. The summed E-state index contributed by atoms with van der Waals surface area (Å²) in [4.78, 5) is 16.4. The average molecular weight is 357 g/mol. The third kappa shape index (κ3) is 4.52. The molecule has 1 saturated heterocycles. The number of rotatable bonds is 4. The fourth-order valence-electron chi connectivity index (χ4n) is 3.01. The molecule has 3 rings (SSSR count). The van der Waals surface area contributed by atoms with E-state index in [4.69, 9.17) is 4.74 Å². The summed E-state index contributed by atoms with van der Waals surface area (Å²) in [5.41, 5.74) is 2.86. The Labute approximate surface area is 153 Å². The zero-order chi connectivity index (χ0) is 18.5. The van der Waals surface area contributed by atoms with Gasteiger partial charge in [-0.2, -0.15) is 0 Å². The highest BCUT2D eigenvalue weighted by molar-refractivity contribution is 5.89. The Morgan fingerprint density at radius 2 is 1.81 bits per heavy atom. The second kappa shape index (κ2) is 8.19. The number of ether oxygens (including phenoxy) is 1. The van der Waals surface area contributed by atoms with Gasteiger partial charge in [-0.3, -0.25) is 4.90 Å². The van der Waals surface area contributed by atoms with Crippen molar-refractivity contribution in [2.45, 2.75) is 13.5 Å². The first kappa shape index (κ1) is 18.2. The molecule has 0 atom stereocenters. The molecule has 2 aromatic carbocycles. The monoisotopic (exact) mass is 357 g/mol. The highest BCUT2D eigenvalue weighted by atomic mass is 19.1. The lowest BCUT2D eigenvalue weighted by Crippen LogP contribution is -2.49. The number of carbonyl (C=O) groups excluding carboxylic acids is 1. The molecule has 0 unspecified atom stereocenters. The van der Waals surface area contributed by atoms with Gasteiger partial charge in [0.1, 0.15) is 0 Å². The van der Waals surface area contributed by atoms with Crippen molar-refractivity contribution in [1.82, 2.24) is 9.80 Å². The van der Waals surface area contributed by atoms with Crippen LogP contribution in [-0.4, -0.2) is 49.1 Å². The van der Waals surface area contributed by atoms with Gasteiger partial charge in [0.15, 0.2) is 11.6 Å². The van der Waals surface area contributed by atoms with E-state index in [9.17, 15) is 9.18 Å². The molecule has 1 aliphatic rings. The standard InChI is InChI=1S/C20H24FN3O2/c1-15-3-6-17(7-4-15)22-20(25)24-11-9-23(10-12-24)14-16-5-8-19(26-2)18(21)13-16/h3-8,13H,9-12,14H2,1-2H3,(H,22,25). The van der Waals surface area contributed by atoms with Gasteiger partial charge in [0.25, 0.3) is 0 Å². The zero-order valence-corrected chi connectivity index (χ0v) is 15.2. The second-order valence-electron chi connectivity index (χ2n) is 6.53. The molecule has 0 saturated carbocycles. The van der Waals surface area contributed by atoms with Crippen molar-refractivity contribution < 1.29 is 13.9 Å². The summed E-state index contributed by atoms with van der Waals surface area (Å²) in [7, 11) is 1.46. The summed E-state index contributed by atoms with van der Waals surface area (Å²) in [6.07, 6.45) is 0. The molecule has 2 amide bonds. The molecule has 0 spiro atoms. The van der Waals surface area contributed by atoms with E-state index in [1.54, 1.807) is 6.07 Å². The predicted octanol–water partition coefficient (Wildman–Crippen LogP) is 3.49. The van der Waals surface area contributed by atoms with Crippen LogP contribution in [-0.2, 0) is 6.54 Å². The van der Waals surface area contributed by atoms with E-state index >= 15 is 0 Å². The number of methoxy groups -OCH3 is 1. The summed E-state index contributed by atoms with van der Waals surface area (Å²) in [5.74, 6) is -0.0903. The van der Waals surface area contributed by atoms with Crippen LogP contribution in [0.2, 0.25) is 0 Å². The number of urea groups is 1. The molecular formula is C20H24FN3O2. The Morgan fingerprint density at radius 3 is 2.42 bits per heavy atom. The molecule has 138 valence electrons. The molecule has 1 N–H and O–H groups in total. The molecule has 1 aliphatic heterocycles. The van der Waals surface area contributed by atoms with E-state index in [0.29, 0.717) is 19.6 Å². The van der Waals surface area contributed by atoms with E-state index < -0.39 is 0 Å². The van der Waals surface area contributed by atoms with E-state index in [0.717, 1.165) is 29.9 Å². The smallest absolute Gasteiger partial charge is 0.321 e. The number of amides is 2. The predicted molar refractivity (Wildman–Crippen MR) is 100.0 cm³/mol. The quantitative estimate of drug-likeness (QED) is 0.911. The molecule has 5 nitrogen and oxygen atoms in total. The SMILES string of the molecule is COc1ccc(CN2CCN(C(=O)Nc3ccc(C)cc3)CC2)cc1F. The van der Waals surface area contributed by atoms with Crippen LogP contribution in [0.15, 0.2) is 42.5 Å². The highest BCUT2D eigenvalue weighted by Gasteiger charge is 2.21. The van der Waals surface area contributed by atoms with Gasteiger partial charge < -0.3 is 15.0 Å². The van der Waals surface area contributed by atoms with Gasteiger partial charge in [0, 0.05) is 38.4 Å². The number of piperazine rings is 1. The van der Waals surface area contributed by atoms with Crippen molar-refractivity contribution in [3.8, 4) is 5.75 Å². The van der Waals surface area contributed by atoms with Crippen LogP contribution in [0.3, 0.4) is 0 Å². The van der Waals surface area contributed by atoms with Gasteiger partial charge in [0.05, 0.1) is 7.11 Å². The maximum atomic E-state index is 13.8. The van der Waals surface area contributed by atoms with E-state index in [1.165, 1.54) is 13.2 Å². The number of nitrogens with zero attached hydrogens (tertiary/aromatic N) is 2. The topological polar surface area (TPSA) is 44.8 Å². The van der Waals surface area contributed by atoms with Crippen molar-refractivity contribution in [3.63, 3.8) is 0 Å². The number of nitrogens with one attached hydrogen (secondary N) is 1. The van der Waals surface area contributed by atoms with E-state index in [2.05, 4.69) is 10.2 Å². The van der Waals surface area contributed by atoms with Gasteiger partial charge in [-0.1, -0.05) is 23.8 Å². The number of benzene rings is 2. The number of carbonyl (C=O) groups is 1. The molecule has 0 aliphatic carbocycles. The fourth-order valence-corrected chi connectivity index (χ4v) is 3.01. The first-order valence-electron chi connectivity index (χ1n) is 8.72. The van der Waals surface area contributed by atoms with Gasteiger partial charge in [-0.25, -0.2) is 9.18 Å². The molecule has 0 aromatic heterocycles. The van der Waals surface area contributed by atoms with Crippen LogP contribution >= 0.6 is 0 Å². The summed E-state index contributed by atoms with van der Waals surface area (Å²) < 4.78 is 18.7. The number of hydrogen-bond donors (Lipinski definition) is 1. The van der Waals surface area contributed by atoms with Gasteiger partial charge in [-0.15, -0.1) is 0 Å². The number of hydrogen-bond acceptors (Lipinski definition) is 3. The average Bonchev–Trinajstić information content (AvgIpc) is 2.64. The molecule has 0 radical (unpaired) electrons. The largest absolute Gasteiger partial charge is 0.494 e. The first-order valence-corrected chi connectivity index (χ1v) is 8.72. The van der Waals surface area contributed by atoms with Gasteiger partial charge >= 0.3 is 6.03 Å². The van der Waals surface area contributed by atoms with Crippen LogP contribution in [0.5, 0.6) is 5.75 Å². The van der Waals surface area contributed by atoms with E-state index in [1.807, 2.05) is 42.2 Å². The van der Waals surface area contributed by atoms with Crippen molar-refractivity contribution >= 4 is 11.7 Å². The van der Waals surface area contributed by atoms with Gasteiger partial charge in [0.2, 0.25) is 0 Å². The minimum Gasteiger partial charge on any atom is -0.494 e. The molecule has 26 heavy (non-hydrogen) atoms. The maximum Gasteiger partial charge on any atom is 0.321 e. The molecule has 6 heteroatoms. The minimum atomic E-state index is -0.346. The summed E-state index contributed by atoms with van der Waals surface area (Å²) in [6.45, 7) is 5.49. The van der Waals surface area contributed by atoms with Crippen molar-refractivity contribution in [2.24, 2.45) is 0 Å². The van der Waals surface area contributed by atoms with Crippen molar-refractivity contribution in [3.05, 3.63) is 59.4 Å². The minimum absolute atomic E-state index is 0.0796. The van der Waals surface area contributed by atoms with Crippen LogP contribution < -0.4 is 10.1 Å². The lowest BCUT2D eigenvalue weighted by molar-refractivity contribution is 0.143. The molecule has 1 fully saturated rings. The van der Waals surface area contributed by atoms with E-state index in [-0.39, 0.29) is 17.6 Å². The number of aryl methyl sites for hydroxylation is 1. The summed E-state index contributed by atoms with van der Waals surface area (Å²) in [6, 6.07) is 12.7. The molecule has 0 bridgehead atoms. The Hall–Kier alpha value is -2.60. The molecular weight excluding hydrogens is 333 g/mol. The second-order valence-corrected chi connectivity index (χ2v) is 6.53. The van der Waals surface area contributed by atoms with Crippen LogP contribution in [0.4, 0.5) is 14.9 Å². The molecule has 2 aromatic rings. The Bertz CT molecular complexity index is 756. The third-order valence-corrected chi connectivity index (χ3v) is 4.58. The zero-order valence-electron chi connectivity index (χ0n) is 15.2. The lowest BCUT2D eigenvalue weighted by atomic mass is 10.2. The Kier molecular flexibility index (Phi) is 5.73. The Morgan fingerprint density at radius 1 is 1.12 bits per heavy atom. The highest BCUT2D eigenvalue weighted by Crippen LogP contribution is 2.19. The van der Waals surface area contributed by atoms with Crippen molar-refractivity contribution in [2.75, 3.05) is 38.6 Å². The van der Waals surface area contributed by atoms with Crippen LogP contribution in [0.1, 0.15) is 11.1 Å². The molecule has 1 heterocycles. The number of anilines is 1. The first-order chi connectivity index (χ1) is 12.5. The maximum absolute atomic E-state index is 13.8. The normalized spacial score (nSPS) is 15.0. The lowest BCUT2D eigenvalue weighted by Gasteiger charge is -2.34. The van der Waals surface area contributed by atoms with Crippen molar-refractivity contribution in [1.29, 1.82) is 0 Å². The van der Waals surface area contributed by atoms with Gasteiger partial charge in [-0.05, 0) is 36.8 Å². The number of halogens is 1. The fraction of sp³-hybridized carbons (Fsp3) is 0.350. The third-order valence-electron chi connectivity index (χ3n) is 4.58. The summed E-state index contributed by atoms with van der Waals surface area (Å²) >= 11 is 0.